The zero-order chi connectivity index (χ0) is 28.3. The van der Waals surface area contributed by atoms with Gasteiger partial charge in [0, 0.05) is 23.7 Å². The highest BCUT2D eigenvalue weighted by atomic mass is 32.1. The Hall–Kier alpha value is -4.49. The molecule has 2 amide bonds. The Morgan fingerprint density at radius 3 is 2.76 bits per heavy atom. The molecule has 0 saturated carbocycles. The number of anilines is 1. The van der Waals surface area contributed by atoms with E-state index in [1.165, 1.54) is 17.7 Å². The maximum Gasteiger partial charge on any atom is 0.249 e. The van der Waals surface area contributed by atoms with E-state index in [2.05, 4.69) is 31.2 Å². The molecule has 13 heteroatoms. The number of thiophene rings is 1. The van der Waals surface area contributed by atoms with Crippen molar-refractivity contribution >= 4 is 39.9 Å². The van der Waals surface area contributed by atoms with Gasteiger partial charge in [-0.05, 0) is 90.0 Å². The summed E-state index contributed by atoms with van der Waals surface area (Å²) >= 11 is 1.45. The molecule has 2 aromatic carbocycles. The van der Waals surface area contributed by atoms with E-state index in [-0.39, 0.29) is 24.5 Å². The molecule has 0 aliphatic carbocycles. The van der Waals surface area contributed by atoms with E-state index >= 15 is 0 Å². The first-order chi connectivity index (χ1) is 20.0. The van der Waals surface area contributed by atoms with Gasteiger partial charge in [0.1, 0.15) is 24.4 Å². The topological polar surface area (TPSA) is 133 Å². The Kier molecular flexibility index (Phi) is 7.53. The van der Waals surface area contributed by atoms with Crippen LogP contribution in [-0.2, 0) is 20.9 Å². The van der Waals surface area contributed by atoms with Crippen LogP contribution in [-0.4, -0.2) is 66.3 Å². The lowest BCUT2D eigenvalue weighted by atomic mass is 10.1. The fourth-order valence-corrected chi connectivity index (χ4v) is 6.14. The number of para-hydroxylation sites is 1. The first-order valence-electron chi connectivity index (χ1n) is 13.4. The number of hydrogen-bond donors (Lipinski definition) is 1. The van der Waals surface area contributed by atoms with E-state index < -0.39 is 6.04 Å². The average molecular weight is 572 g/mol. The number of ether oxygens (including phenoxy) is 1. The lowest BCUT2D eigenvalue weighted by Gasteiger charge is -2.32. The predicted octanol–water partition coefficient (Wildman–Crippen LogP) is 3.16. The van der Waals surface area contributed by atoms with E-state index in [1.807, 2.05) is 67.8 Å². The predicted molar refractivity (Wildman–Crippen MR) is 153 cm³/mol. The summed E-state index contributed by atoms with van der Waals surface area (Å²) in [7, 11) is 0. The number of aryl methyl sites for hydroxylation is 2. The molecule has 0 unspecified atom stereocenters. The molecule has 1 N–H and O–H groups in total. The quantitative estimate of drug-likeness (QED) is 0.285. The van der Waals surface area contributed by atoms with Gasteiger partial charge in [-0.15, -0.1) is 21.5 Å². The van der Waals surface area contributed by atoms with Crippen LogP contribution in [0.3, 0.4) is 0 Å². The van der Waals surface area contributed by atoms with Crippen LogP contribution >= 0.6 is 11.3 Å². The number of nitrogens with zero attached hydrogens (tertiary/aromatic N) is 8. The van der Waals surface area contributed by atoms with Crippen molar-refractivity contribution < 1.29 is 14.3 Å². The highest BCUT2D eigenvalue weighted by Crippen LogP contribution is 2.35. The molecule has 5 aromatic rings. The summed E-state index contributed by atoms with van der Waals surface area (Å²) < 4.78 is 8.86. The van der Waals surface area contributed by atoms with E-state index in [0.29, 0.717) is 24.4 Å². The molecule has 12 nitrogen and oxygen atoms in total. The van der Waals surface area contributed by atoms with Crippen molar-refractivity contribution in [2.45, 2.75) is 45.4 Å². The maximum atomic E-state index is 14.3. The van der Waals surface area contributed by atoms with Crippen LogP contribution in [0.25, 0.3) is 16.7 Å². The van der Waals surface area contributed by atoms with Crippen molar-refractivity contribution in [1.29, 1.82) is 0 Å². The van der Waals surface area contributed by atoms with Gasteiger partial charge in [-0.25, -0.2) is 9.36 Å². The lowest BCUT2D eigenvalue weighted by Crippen LogP contribution is -2.46. The largest absolute Gasteiger partial charge is 0.376 e. The number of hydrogen-bond acceptors (Lipinski definition) is 9. The number of amides is 2. The van der Waals surface area contributed by atoms with E-state index in [4.69, 9.17) is 4.74 Å². The minimum Gasteiger partial charge on any atom is -0.376 e. The molecule has 1 saturated heterocycles. The molecule has 1 fully saturated rings. The van der Waals surface area contributed by atoms with E-state index in [1.54, 1.807) is 14.3 Å². The van der Waals surface area contributed by atoms with Crippen LogP contribution in [0.4, 0.5) is 5.69 Å². The Morgan fingerprint density at radius 1 is 1.15 bits per heavy atom. The third-order valence-electron chi connectivity index (χ3n) is 7.21. The van der Waals surface area contributed by atoms with Crippen molar-refractivity contribution in [2.24, 2.45) is 0 Å². The number of benzene rings is 2. The van der Waals surface area contributed by atoms with Gasteiger partial charge in [-0.3, -0.25) is 14.5 Å². The van der Waals surface area contributed by atoms with Gasteiger partial charge >= 0.3 is 0 Å². The summed E-state index contributed by atoms with van der Waals surface area (Å²) in [6.45, 7) is 4.83. The summed E-state index contributed by atoms with van der Waals surface area (Å²) in [4.78, 5) is 30.6. The number of tetrazole rings is 1. The van der Waals surface area contributed by atoms with Crippen LogP contribution in [0.1, 0.15) is 34.9 Å². The molecular formula is C28H29N9O3S. The van der Waals surface area contributed by atoms with Gasteiger partial charge in [-0.1, -0.05) is 17.3 Å². The number of aromatic nitrogens is 7. The molecule has 1 aliphatic rings. The summed E-state index contributed by atoms with van der Waals surface area (Å²) in [6, 6.07) is 14.0. The molecule has 0 bridgehead atoms. The van der Waals surface area contributed by atoms with Gasteiger partial charge in [0.15, 0.2) is 0 Å². The minimum absolute atomic E-state index is 0.0347. The standard InChI is InChI=1S/C28H29N9O3S/c1-18-11-13-41-27(18)26(28(39)29-15-21-6-5-12-40-21)37(20-9-10-23(19(2)14-20)36-17-30-32-34-36)25(38)16-35-24-8-4-3-7-22(24)31-33-35/h3-4,7-11,13-14,17,21,26H,5-6,12,15-16H2,1-2H3,(H,29,39)/t21-,26-/m1/s1. The molecule has 1 aliphatic heterocycles. The van der Waals surface area contributed by atoms with Gasteiger partial charge in [0.25, 0.3) is 0 Å². The smallest absolute Gasteiger partial charge is 0.249 e. The summed E-state index contributed by atoms with van der Waals surface area (Å²) in [5, 5.41) is 24.9. The van der Waals surface area contributed by atoms with Gasteiger partial charge in [0.05, 0.1) is 17.3 Å². The van der Waals surface area contributed by atoms with Crippen molar-refractivity contribution in [2.75, 3.05) is 18.1 Å². The highest BCUT2D eigenvalue weighted by molar-refractivity contribution is 7.10. The van der Waals surface area contributed by atoms with E-state index in [0.717, 1.165) is 40.0 Å². The molecule has 3 aromatic heterocycles. The zero-order valence-corrected chi connectivity index (χ0v) is 23.5. The molecule has 6 rings (SSSR count). The molecule has 4 heterocycles. The molecule has 41 heavy (non-hydrogen) atoms. The fourth-order valence-electron chi connectivity index (χ4n) is 5.13. The molecule has 0 spiro atoms. The van der Waals surface area contributed by atoms with Crippen molar-refractivity contribution in [3.05, 3.63) is 76.2 Å². The van der Waals surface area contributed by atoms with Gasteiger partial charge < -0.3 is 10.1 Å². The second-order valence-electron chi connectivity index (χ2n) is 9.98. The second-order valence-corrected chi connectivity index (χ2v) is 10.9. The first kappa shape index (κ1) is 26.7. The number of rotatable bonds is 9. The van der Waals surface area contributed by atoms with Crippen LogP contribution in [0.15, 0.2) is 60.2 Å². The van der Waals surface area contributed by atoms with E-state index in [9.17, 15) is 9.59 Å². The Bertz CT molecular complexity index is 1670. The normalized spacial score (nSPS) is 15.7. The van der Waals surface area contributed by atoms with Crippen LogP contribution < -0.4 is 10.2 Å². The minimum atomic E-state index is -0.906. The van der Waals surface area contributed by atoms with Crippen LogP contribution in [0, 0.1) is 13.8 Å². The summed E-state index contributed by atoms with van der Waals surface area (Å²) in [5.74, 6) is -0.578. The lowest BCUT2D eigenvalue weighted by molar-refractivity contribution is -0.127. The second kappa shape index (κ2) is 11.6. The maximum absolute atomic E-state index is 14.3. The first-order valence-corrected chi connectivity index (χ1v) is 14.2. The SMILES string of the molecule is Cc1cc(N(C(=O)Cn2nnc3ccccc32)[C@@H](C(=O)NC[C@H]2CCCO2)c2sccc2C)ccc1-n1cnnn1. The summed E-state index contributed by atoms with van der Waals surface area (Å²) in [6.07, 6.45) is 3.34. The Balaban J connectivity index is 1.41. The molecule has 0 radical (unpaired) electrons. The molecular weight excluding hydrogens is 542 g/mol. The monoisotopic (exact) mass is 571 g/mol. The number of nitrogens with one attached hydrogen (secondary N) is 1. The average Bonchev–Trinajstić information content (AvgIpc) is 3.80. The van der Waals surface area contributed by atoms with Crippen molar-refractivity contribution in [1.82, 2.24) is 40.5 Å². The van der Waals surface area contributed by atoms with Crippen molar-refractivity contribution in [3.63, 3.8) is 0 Å². The fraction of sp³-hybridized carbons (Fsp3) is 0.321. The Labute approximate surface area is 239 Å². The number of fused-ring (bicyclic) bond motifs is 1. The summed E-state index contributed by atoms with van der Waals surface area (Å²) in [5.41, 5.74) is 4.52. The Morgan fingerprint density at radius 2 is 2.02 bits per heavy atom. The third-order valence-corrected chi connectivity index (χ3v) is 8.28. The molecule has 2 atom stereocenters. The molecule has 210 valence electrons. The van der Waals surface area contributed by atoms with Crippen LogP contribution in [0.5, 0.6) is 0 Å². The van der Waals surface area contributed by atoms with Crippen LogP contribution in [0.2, 0.25) is 0 Å². The van der Waals surface area contributed by atoms with Gasteiger partial charge in [-0.2, -0.15) is 0 Å². The highest BCUT2D eigenvalue weighted by Gasteiger charge is 2.35. The third kappa shape index (κ3) is 5.45. The van der Waals surface area contributed by atoms with Crippen molar-refractivity contribution in [3.8, 4) is 5.69 Å². The number of carbonyl (C=O) groups excluding carboxylic acids is 2. The number of carbonyl (C=O) groups is 2. The zero-order valence-electron chi connectivity index (χ0n) is 22.7. The van der Waals surface area contributed by atoms with Gasteiger partial charge in [0.2, 0.25) is 11.8 Å².